The molecule has 0 radical (unpaired) electrons. The average molecular weight is 218 g/mol. The van der Waals surface area contributed by atoms with E-state index >= 15 is 0 Å². The van der Waals surface area contributed by atoms with Crippen LogP contribution in [0.4, 0.5) is 5.69 Å². The molecule has 2 aliphatic heterocycles. The number of rotatable bonds is 0. The van der Waals surface area contributed by atoms with Crippen molar-refractivity contribution in [3.63, 3.8) is 0 Å². The first-order chi connectivity index (χ1) is 7.25. The lowest BCUT2D eigenvalue weighted by Crippen LogP contribution is -2.37. The summed E-state index contributed by atoms with van der Waals surface area (Å²) in [5.41, 5.74) is 0.832. The number of thioether (sulfide) groups is 1. The van der Waals surface area contributed by atoms with Gasteiger partial charge in [-0.3, -0.25) is 14.5 Å². The first-order valence-electron chi connectivity index (χ1n) is 4.47. The first-order valence-corrected chi connectivity index (χ1v) is 5.29. The highest BCUT2D eigenvalue weighted by atomic mass is 32.2. The van der Waals surface area contributed by atoms with Gasteiger partial charge >= 0.3 is 0 Å². The zero-order valence-electron chi connectivity index (χ0n) is 7.64. The highest BCUT2D eigenvalue weighted by Gasteiger charge is 2.35. The smallest absolute Gasteiger partial charge is 0.257 e. The number of amides is 2. The second kappa shape index (κ2) is 2.93. The predicted octanol–water partition coefficient (Wildman–Crippen LogP) is 1.41. The second-order valence-corrected chi connectivity index (χ2v) is 4.27. The standard InChI is InChI=1S/C10H6N2O2S/c13-8-5-9(14)12-6-3-1-2-4-7(6)15-10(12)11-8/h1-4H,5H2. The van der Waals surface area contributed by atoms with Crippen molar-refractivity contribution in [2.75, 3.05) is 4.90 Å². The van der Waals surface area contributed by atoms with Crippen LogP contribution in [0.2, 0.25) is 0 Å². The molecule has 2 amide bonds. The van der Waals surface area contributed by atoms with E-state index in [1.165, 1.54) is 16.7 Å². The van der Waals surface area contributed by atoms with Crippen LogP contribution in [0.5, 0.6) is 0 Å². The minimum Gasteiger partial charge on any atom is -0.273 e. The molecule has 0 unspecified atom stereocenters. The SMILES string of the molecule is O=C1CC(=O)N2C(=N1)Sc1ccccc12. The Bertz CT molecular complexity index is 510. The van der Waals surface area contributed by atoms with E-state index in [0.29, 0.717) is 5.17 Å². The molecule has 1 aromatic carbocycles. The van der Waals surface area contributed by atoms with E-state index in [-0.39, 0.29) is 18.2 Å². The van der Waals surface area contributed by atoms with Crippen LogP contribution in [-0.2, 0) is 9.59 Å². The topological polar surface area (TPSA) is 49.7 Å². The summed E-state index contributed by atoms with van der Waals surface area (Å²) in [7, 11) is 0. The van der Waals surface area contributed by atoms with Gasteiger partial charge in [0.1, 0.15) is 6.42 Å². The second-order valence-electron chi connectivity index (χ2n) is 3.26. The average Bonchev–Trinajstić information content (AvgIpc) is 2.54. The number of fused-ring (bicyclic) bond motifs is 3. The molecule has 0 spiro atoms. The summed E-state index contributed by atoms with van der Waals surface area (Å²) >= 11 is 1.36. The molecule has 5 heteroatoms. The Morgan fingerprint density at radius 1 is 1.27 bits per heavy atom. The fourth-order valence-corrected chi connectivity index (χ4v) is 2.69. The lowest BCUT2D eigenvalue weighted by atomic mass is 10.2. The molecule has 2 heterocycles. The van der Waals surface area contributed by atoms with Crippen molar-refractivity contribution in [2.45, 2.75) is 11.3 Å². The predicted molar refractivity (Wildman–Crippen MR) is 56.8 cm³/mol. The van der Waals surface area contributed by atoms with Crippen molar-refractivity contribution >= 4 is 34.4 Å². The molecule has 2 aliphatic rings. The highest BCUT2D eigenvalue weighted by Crippen LogP contribution is 2.41. The maximum Gasteiger partial charge on any atom is 0.257 e. The molecule has 0 N–H and O–H groups in total. The molecule has 0 bridgehead atoms. The van der Waals surface area contributed by atoms with E-state index in [2.05, 4.69) is 4.99 Å². The minimum absolute atomic E-state index is 0.127. The summed E-state index contributed by atoms with van der Waals surface area (Å²) < 4.78 is 0. The van der Waals surface area contributed by atoms with Crippen LogP contribution in [0.3, 0.4) is 0 Å². The van der Waals surface area contributed by atoms with E-state index < -0.39 is 0 Å². The molecule has 4 nitrogen and oxygen atoms in total. The van der Waals surface area contributed by atoms with Crippen molar-refractivity contribution in [1.82, 2.24) is 0 Å². The van der Waals surface area contributed by atoms with Gasteiger partial charge in [0.15, 0.2) is 5.17 Å². The Kier molecular flexibility index (Phi) is 1.70. The van der Waals surface area contributed by atoms with Gasteiger partial charge in [-0.15, -0.1) is 0 Å². The first kappa shape index (κ1) is 8.67. The molecule has 1 aromatic rings. The summed E-state index contributed by atoms with van der Waals surface area (Å²) in [6.45, 7) is 0. The van der Waals surface area contributed by atoms with E-state index in [4.69, 9.17) is 0 Å². The number of aliphatic imine (C=N–C) groups is 1. The van der Waals surface area contributed by atoms with Gasteiger partial charge in [-0.05, 0) is 23.9 Å². The molecule has 0 saturated heterocycles. The Morgan fingerprint density at radius 2 is 2.07 bits per heavy atom. The molecule has 3 rings (SSSR count). The lowest BCUT2D eigenvalue weighted by Gasteiger charge is -2.19. The van der Waals surface area contributed by atoms with Gasteiger partial charge in [0, 0.05) is 4.90 Å². The lowest BCUT2D eigenvalue weighted by molar-refractivity contribution is -0.126. The molecule has 0 aromatic heterocycles. The van der Waals surface area contributed by atoms with Crippen molar-refractivity contribution < 1.29 is 9.59 Å². The number of carbonyl (C=O) groups excluding carboxylic acids is 2. The number of amidine groups is 1. The number of para-hydroxylation sites is 1. The number of anilines is 1. The largest absolute Gasteiger partial charge is 0.273 e. The van der Waals surface area contributed by atoms with Gasteiger partial charge in [-0.2, -0.15) is 4.99 Å². The van der Waals surface area contributed by atoms with Gasteiger partial charge in [0.25, 0.3) is 5.91 Å². The van der Waals surface area contributed by atoms with Crippen molar-refractivity contribution in [1.29, 1.82) is 0 Å². The number of nitrogens with zero attached hydrogens (tertiary/aromatic N) is 2. The number of hydrogen-bond acceptors (Lipinski definition) is 3. The molecule has 0 atom stereocenters. The molecule has 0 saturated carbocycles. The Morgan fingerprint density at radius 3 is 2.93 bits per heavy atom. The van der Waals surface area contributed by atoms with Crippen LogP contribution in [0.15, 0.2) is 34.2 Å². The fraction of sp³-hybridized carbons (Fsp3) is 0.100. The van der Waals surface area contributed by atoms with Crippen LogP contribution in [0.1, 0.15) is 6.42 Å². The normalized spacial score (nSPS) is 18.7. The van der Waals surface area contributed by atoms with Crippen molar-refractivity contribution in [3.05, 3.63) is 24.3 Å². The van der Waals surface area contributed by atoms with Crippen molar-refractivity contribution in [2.24, 2.45) is 4.99 Å². The number of benzene rings is 1. The Balaban J connectivity index is 2.18. The maximum absolute atomic E-state index is 11.7. The summed E-state index contributed by atoms with van der Waals surface area (Å²) in [4.78, 5) is 29.1. The highest BCUT2D eigenvalue weighted by molar-refractivity contribution is 8.15. The monoisotopic (exact) mass is 218 g/mol. The molecule has 0 fully saturated rings. The Hall–Kier alpha value is -1.62. The number of carbonyl (C=O) groups is 2. The third-order valence-electron chi connectivity index (χ3n) is 2.27. The zero-order chi connectivity index (χ0) is 10.4. The third-order valence-corrected chi connectivity index (χ3v) is 3.29. The van der Waals surface area contributed by atoms with Crippen LogP contribution in [0.25, 0.3) is 0 Å². The van der Waals surface area contributed by atoms with E-state index in [1.54, 1.807) is 0 Å². The third kappa shape index (κ3) is 1.20. The molecular formula is C10H6N2O2S. The zero-order valence-corrected chi connectivity index (χ0v) is 8.45. The summed E-state index contributed by atoms with van der Waals surface area (Å²) in [5.74, 6) is -0.547. The maximum atomic E-state index is 11.7. The van der Waals surface area contributed by atoms with Crippen LogP contribution >= 0.6 is 11.8 Å². The summed E-state index contributed by atoms with van der Waals surface area (Å²) in [5, 5.41) is 0.484. The van der Waals surface area contributed by atoms with Gasteiger partial charge in [0.05, 0.1) is 5.69 Å². The van der Waals surface area contributed by atoms with Gasteiger partial charge in [0.2, 0.25) is 5.91 Å². The van der Waals surface area contributed by atoms with Gasteiger partial charge in [-0.25, -0.2) is 0 Å². The molecule has 0 aliphatic carbocycles. The summed E-state index contributed by atoms with van der Waals surface area (Å²) in [6, 6.07) is 7.54. The fourth-order valence-electron chi connectivity index (χ4n) is 1.64. The molecule has 15 heavy (non-hydrogen) atoms. The molecule has 74 valence electrons. The number of hydrogen-bond donors (Lipinski definition) is 0. The van der Waals surface area contributed by atoms with Crippen LogP contribution in [-0.4, -0.2) is 17.0 Å². The van der Waals surface area contributed by atoms with Gasteiger partial charge in [-0.1, -0.05) is 12.1 Å². The van der Waals surface area contributed by atoms with E-state index in [0.717, 1.165) is 10.6 Å². The van der Waals surface area contributed by atoms with E-state index in [9.17, 15) is 9.59 Å². The quantitative estimate of drug-likeness (QED) is 0.619. The van der Waals surface area contributed by atoms with Crippen LogP contribution < -0.4 is 4.90 Å². The molecular weight excluding hydrogens is 212 g/mol. The Labute approximate surface area is 90.0 Å². The van der Waals surface area contributed by atoms with Crippen LogP contribution in [0, 0.1) is 0 Å². The summed E-state index contributed by atoms with van der Waals surface area (Å²) in [6.07, 6.45) is -0.127. The van der Waals surface area contributed by atoms with Crippen molar-refractivity contribution in [3.8, 4) is 0 Å². The minimum atomic E-state index is -0.355. The van der Waals surface area contributed by atoms with Gasteiger partial charge < -0.3 is 0 Å². The van der Waals surface area contributed by atoms with E-state index in [1.807, 2.05) is 24.3 Å².